The molecule has 2 aromatic heterocycles. The Bertz CT molecular complexity index is 1400. The van der Waals surface area contributed by atoms with Gasteiger partial charge in [-0.25, -0.2) is 4.79 Å². The van der Waals surface area contributed by atoms with Gasteiger partial charge in [-0.3, -0.25) is 9.88 Å². The third-order valence-electron chi connectivity index (χ3n) is 6.72. The number of phenols is 1. The minimum atomic E-state index is -0.473. The molecule has 2 aromatic carbocycles. The highest BCUT2D eigenvalue weighted by atomic mass is 16.5. The normalized spacial score (nSPS) is 16.3. The summed E-state index contributed by atoms with van der Waals surface area (Å²) < 4.78 is 16.5. The summed E-state index contributed by atoms with van der Waals surface area (Å²) in [6.07, 6.45) is 6.92. The number of benzene rings is 2. The number of likely N-dealkylation sites (tertiary alicyclic amines) is 1. The molecule has 0 aliphatic carbocycles. The summed E-state index contributed by atoms with van der Waals surface area (Å²) in [6.45, 7) is 1.37. The molecule has 1 atom stereocenters. The van der Waals surface area contributed by atoms with Crippen molar-refractivity contribution in [1.29, 1.82) is 0 Å². The lowest BCUT2D eigenvalue weighted by Gasteiger charge is -2.36. The van der Waals surface area contributed by atoms with Crippen molar-refractivity contribution < 1.29 is 19.0 Å². The zero-order valence-corrected chi connectivity index (χ0v) is 19.9. The third kappa shape index (κ3) is 4.47. The molecule has 180 valence electrons. The van der Waals surface area contributed by atoms with Crippen LogP contribution >= 0.6 is 0 Å². The Kier molecular flexibility index (Phi) is 6.42. The second kappa shape index (κ2) is 9.80. The van der Waals surface area contributed by atoms with Gasteiger partial charge in [0.2, 0.25) is 0 Å². The fourth-order valence-corrected chi connectivity index (χ4v) is 4.92. The van der Waals surface area contributed by atoms with Crippen LogP contribution in [0.15, 0.2) is 70.1 Å². The number of phenolic OH excluding ortho intramolecular Hbond substituents is 1. The van der Waals surface area contributed by atoms with Crippen LogP contribution in [0.4, 0.5) is 0 Å². The van der Waals surface area contributed by atoms with Crippen LogP contribution in [0.3, 0.4) is 0 Å². The van der Waals surface area contributed by atoms with Crippen LogP contribution in [0, 0.1) is 0 Å². The van der Waals surface area contributed by atoms with Gasteiger partial charge in [0, 0.05) is 30.4 Å². The van der Waals surface area contributed by atoms with Crippen LogP contribution in [0.25, 0.3) is 22.1 Å². The van der Waals surface area contributed by atoms with E-state index in [2.05, 4.69) is 16.0 Å². The lowest BCUT2D eigenvalue weighted by atomic mass is 9.95. The second-order valence-corrected chi connectivity index (χ2v) is 8.77. The Morgan fingerprint density at radius 2 is 1.94 bits per heavy atom. The van der Waals surface area contributed by atoms with E-state index >= 15 is 0 Å². The van der Waals surface area contributed by atoms with Crippen LogP contribution in [-0.4, -0.2) is 35.8 Å². The first-order valence-corrected chi connectivity index (χ1v) is 11.7. The first-order valence-electron chi connectivity index (χ1n) is 11.7. The molecule has 3 heterocycles. The largest absolute Gasteiger partial charge is 0.507 e. The van der Waals surface area contributed by atoms with Crippen molar-refractivity contribution in [3.05, 3.63) is 82.5 Å². The summed E-state index contributed by atoms with van der Waals surface area (Å²) in [6, 6.07) is 14.8. The second-order valence-electron chi connectivity index (χ2n) is 8.77. The van der Waals surface area contributed by atoms with Crippen molar-refractivity contribution in [2.24, 2.45) is 0 Å². The molecule has 0 spiro atoms. The summed E-state index contributed by atoms with van der Waals surface area (Å²) in [4.78, 5) is 19.7. The number of piperidine rings is 1. The summed E-state index contributed by atoms with van der Waals surface area (Å²) in [7, 11) is 3.12. The van der Waals surface area contributed by atoms with E-state index in [1.54, 1.807) is 56.8 Å². The molecule has 0 amide bonds. The lowest BCUT2D eigenvalue weighted by molar-refractivity contribution is 0.139. The maximum absolute atomic E-state index is 13.1. The van der Waals surface area contributed by atoms with E-state index in [4.69, 9.17) is 13.9 Å². The van der Waals surface area contributed by atoms with Crippen LogP contribution < -0.4 is 15.1 Å². The molecule has 1 aliphatic rings. The minimum Gasteiger partial charge on any atom is -0.507 e. The standard InChI is InChI=1S/C28H28N2O5/c1-33-25-11-9-18(15-26(25)34-2)21-14-19-8-10-24(31)22(27(19)35-28(21)32)17-30-13-4-3-7-23(30)20-6-5-12-29-16-20/h5-6,8-12,14-16,23,31H,3-4,7,13,17H2,1-2H3/t23-/m0/s1. The predicted molar refractivity (Wildman–Crippen MR) is 134 cm³/mol. The zero-order valence-electron chi connectivity index (χ0n) is 19.9. The highest BCUT2D eigenvalue weighted by Gasteiger charge is 2.26. The van der Waals surface area contributed by atoms with Gasteiger partial charge in [-0.15, -0.1) is 0 Å². The van der Waals surface area contributed by atoms with E-state index in [0.29, 0.717) is 40.3 Å². The zero-order chi connectivity index (χ0) is 24.4. The predicted octanol–water partition coefficient (Wildman–Crippen LogP) is 5.31. The molecule has 0 bridgehead atoms. The van der Waals surface area contributed by atoms with Crippen molar-refractivity contribution in [3.63, 3.8) is 0 Å². The summed E-state index contributed by atoms with van der Waals surface area (Å²) in [5, 5.41) is 11.5. The number of fused-ring (bicyclic) bond motifs is 1. The Labute approximate surface area is 203 Å². The van der Waals surface area contributed by atoms with Crippen molar-refractivity contribution in [2.75, 3.05) is 20.8 Å². The molecule has 0 unspecified atom stereocenters. The number of hydrogen-bond donors (Lipinski definition) is 1. The molecule has 7 nitrogen and oxygen atoms in total. The van der Waals surface area contributed by atoms with Gasteiger partial charge in [-0.1, -0.05) is 18.6 Å². The molecular weight excluding hydrogens is 444 g/mol. The molecule has 1 aliphatic heterocycles. The number of pyridine rings is 1. The highest BCUT2D eigenvalue weighted by molar-refractivity contribution is 5.86. The van der Waals surface area contributed by atoms with Gasteiger partial charge in [0.25, 0.3) is 0 Å². The monoisotopic (exact) mass is 472 g/mol. The highest BCUT2D eigenvalue weighted by Crippen LogP contribution is 2.37. The fourth-order valence-electron chi connectivity index (χ4n) is 4.92. The van der Waals surface area contributed by atoms with E-state index < -0.39 is 5.63 Å². The number of aromatic nitrogens is 1. The van der Waals surface area contributed by atoms with Crippen molar-refractivity contribution in [3.8, 4) is 28.4 Å². The van der Waals surface area contributed by atoms with Crippen LogP contribution in [0.1, 0.15) is 36.4 Å². The number of nitrogens with zero attached hydrogens (tertiary/aromatic N) is 2. The molecule has 35 heavy (non-hydrogen) atoms. The quantitative estimate of drug-likeness (QED) is 0.381. The Hall–Kier alpha value is -3.84. The maximum Gasteiger partial charge on any atom is 0.344 e. The van der Waals surface area contributed by atoms with Crippen molar-refractivity contribution in [2.45, 2.75) is 31.8 Å². The van der Waals surface area contributed by atoms with E-state index in [1.165, 1.54) is 0 Å². The summed E-state index contributed by atoms with van der Waals surface area (Å²) in [5.41, 5.74) is 2.80. The van der Waals surface area contributed by atoms with Gasteiger partial charge in [0.15, 0.2) is 11.5 Å². The van der Waals surface area contributed by atoms with Crippen LogP contribution in [0.2, 0.25) is 0 Å². The van der Waals surface area contributed by atoms with E-state index in [9.17, 15) is 9.90 Å². The summed E-state index contributed by atoms with van der Waals surface area (Å²) in [5.74, 6) is 1.23. The number of rotatable bonds is 6. The Morgan fingerprint density at radius 1 is 1.09 bits per heavy atom. The lowest BCUT2D eigenvalue weighted by Crippen LogP contribution is -2.33. The molecule has 1 fully saturated rings. The first-order chi connectivity index (χ1) is 17.1. The first kappa shape index (κ1) is 22.9. The molecule has 0 saturated carbocycles. The van der Waals surface area contributed by atoms with Gasteiger partial charge in [0.1, 0.15) is 11.3 Å². The molecule has 1 saturated heterocycles. The molecule has 0 radical (unpaired) electrons. The molecule has 5 rings (SSSR count). The van der Waals surface area contributed by atoms with Gasteiger partial charge < -0.3 is 19.0 Å². The average molecular weight is 473 g/mol. The Balaban J connectivity index is 1.54. The minimum absolute atomic E-state index is 0.120. The van der Waals surface area contributed by atoms with Gasteiger partial charge >= 0.3 is 5.63 Å². The molecule has 1 N–H and O–H groups in total. The van der Waals surface area contributed by atoms with Gasteiger partial charge in [-0.2, -0.15) is 0 Å². The third-order valence-corrected chi connectivity index (χ3v) is 6.72. The van der Waals surface area contributed by atoms with E-state index in [-0.39, 0.29) is 11.8 Å². The van der Waals surface area contributed by atoms with E-state index in [0.717, 1.165) is 36.8 Å². The number of methoxy groups -OCH3 is 2. The topological polar surface area (TPSA) is 85.0 Å². The molecule has 4 aromatic rings. The Morgan fingerprint density at radius 3 is 2.71 bits per heavy atom. The number of ether oxygens (including phenoxy) is 2. The van der Waals surface area contributed by atoms with Crippen LogP contribution in [0.5, 0.6) is 17.2 Å². The van der Waals surface area contributed by atoms with Crippen LogP contribution in [-0.2, 0) is 6.54 Å². The van der Waals surface area contributed by atoms with Gasteiger partial charge in [-0.05, 0) is 66.9 Å². The maximum atomic E-state index is 13.1. The number of aromatic hydroxyl groups is 1. The fraction of sp³-hybridized carbons (Fsp3) is 0.286. The van der Waals surface area contributed by atoms with E-state index in [1.807, 2.05) is 12.3 Å². The van der Waals surface area contributed by atoms with Crippen molar-refractivity contribution >= 4 is 11.0 Å². The van der Waals surface area contributed by atoms with Gasteiger partial charge in [0.05, 0.1) is 25.3 Å². The van der Waals surface area contributed by atoms with Crippen molar-refractivity contribution in [1.82, 2.24) is 9.88 Å². The molecular formula is C28H28N2O5. The number of hydrogen-bond acceptors (Lipinski definition) is 7. The average Bonchev–Trinajstić information content (AvgIpc) is 2.90. The molecule has 7 heteroatoms. The smallest absolute Gasteiger partial charge is 0.344 e. The summed E-state index contributed by atoms with van der Waals surface area (Å²) >= 11 is 0. The SMILES string of the molecule is COc1ccc(-c2cc3ccc(O)c(CN4CCCC[C@H]4c4cccnc4)c3oc2=O)cc1OC.